The molecule has 3 aromatic rings. The van der Waals surface area contributed by atoms with Gasteiger partial charge in [0.2, 0.25) is 0 Å². The fourth-order valence-electron chi connectivity index (χ4n) is 4.75. The molecule has 3 aromatic carbocycles. The second-order valence-corrected chi connectivity index (χ2v) is 12.0. The van der Waals surface area contributed by atoms with Gasteiger partial charge in [-0.2, -0.15) is 0 Å². The average molecular weight is 639 g/mol. The zero-order valence-corrected chi connectivity index (χ0v) is 26.9. The number of cyclic esters (lactones) is 1. The number of amides is 2. The van der Waals surface area contributed by atoms with Gasteiger partial charge in [0.15, 0.2) is 6.10 Å². The van der Waals surface area contributed by atoms with E-state index in [-0.39, 0.29) is 37.9 Å². The highest BCUT2D eigenvalue weighted by molar-refractivity contribution is 5.96. The highest BCUT2D eigenvalue weighted by Crippen LogP contribution is 2.28. The molecule has 0 radical (unpaired) electrons. The van der Waals surface area contributed by atoms with E-state index in [4.69, 9.17) is 9.84 Å². The molecule has 11 heteroatoms. The zero-order valence-electron chi connectivity index (χ0n) is 26.9. The molecule has 1 aliphatic heterocycles. The Morgan fingerprint density at radius 1 is 0.978 bits per heavy atom. The number of anilines is 3. The van der Waals surface area contributed by atoms with Crippen molar-refractivity contribution in [2.45, 2.75) is 71.4 Å². The van der Waals surface area contributed by atoms with E-state index in [9.17, 15) is 24.2 Å². The van der Waals surface area contributed by atoms with E-state index in [0.29, 0.717) is 18.0 Å². The minimum Gasteiger partial charge on any atom is -0.434 e. The van der Waals surface area contributed by atoms with Crippen molar-refractivity contribution in [3.63, 3.8) is 0 Å². The smallest absolute Gasteiger partial charge is 0.415 e. The zero-order chi connectivity index (χ0) is 33.6. The number of aliphatic hydroxyl groups is 3. The molecule has 0 aliphatic carbocycles. The summed E-state index contributed by atoms with van der Waals surface area (Å²) in [6.45, 7) is 8.91. The number of rotatable bonds is 14. The predicted molar refractivity (Wildman–Crippen MR) is 178 cm³/mol. The van der Waals surface area contributed by atoms with Gasteiger partial charge in [-0.1, -0.05) is 56.3 Å². The maximum Gasteiger partial charge on any atom is 0.415 e. The first-order valence-electron chi connectivity index (χ1n) is 15.6. The van der Waals surface area contributed by atoms with Crippen molar-refractivity contribution in [1.82, 2.24) is 5.32 Å². The van der Waals surface area contributed by atoms with Crippen molar-refractivity contribution in [3.8, 4) is 0 Å². The number of benzene rings is 3. The summed E-state index contributed by atoms with van der Waals surface area (Å²) >= 11 is 0. The van der Waals surface area contributed by atoms with Crippen LogP contribution in [0, 0.1) is 11.7 Å². The molecule has 0 aromatic heterocycles. The summed E-state index contributed by atoms with van der Waals surface area (Å²) < 4.78 is 19.7. The quantitative estimate of drug-likeness (QED) is 0.149. The number of carbonyl (C=O) groups is 2. The SMILES string of the molecule is CC(C)CNc1ccc(CO)cc1.CC(C)Nc1ccc(F)c(N2CC(C(=O)NC(Cc3ccccc3)C(O)CCO)OC2=O)c1. The lowest BCUT2D eigenvalue weighted by Crippen LogP contribution is -2.49. The Morgan fingerprint density at radius 2 is 1.65 bits per heavy atom. The van der Waals surface area contributed by atoms with Crippen LogP contribution >= 0.6 is 0 Å². The standard InChI is InChI=1S/C24H30FN3O5.C11H17NO/c1-15(2)26-17-8-9-18(25)20(13-17)28-14-22(33-24(28)32)23(31)27-19(21(30)10-11-29)12-16-6-4-3-5-7-16;1-9(2)7-12-11-5-3-10(8-13)4-6-11/h3-9,13,15,19,21-22,26,29-30H,10-12,14H2,1-2H3,(H,27,31);3-6,9,12-13H,7-8H2,1-2H3. The molecule has 46 heavy (non-hydrogen) atoms. The molecule has 1 heterocycles. The number of ether oxygens (including phenoxy) is 1. The van der Waals surface area contributed by atoms with Crippen LogP contribution in [0.3, 0.4) is 0 Å². The third-order valence-electron chi connectivity index (χ3n) is 7.16. The van der Waals surface area contributed by atoms with Crippen LogP contribution in [0.1, 0.15) is 45.2 Å². The number of halogens is 1. The molecule has 10 nitrogen and oxygen atoms in total. The highest BCUT2D eigenvalue weighted by Gasteiger charge is 2.39. The van der Waals surface area contributed by atoms with Crippen LogP contribution < -0.4 is 20.9 Å². The molecule has 4 rings (SSSR count). The van der Waals surface area contributed by atoms with Gasteiger partial charge >= 0.3 is 6.09 Å². The van der Waals surface area contributed by atoms with Gasteiger partial charge < -0.3 is 36.0 Å². The number of carbonyl (C=O) groups excluding carboxylic acids is 2. The van der Waals surface area contributed by atoms with Gasteiger partial charge in [0.25, 0.3) is 5.91 Å². The van der Waals surface area contributed by atoms with Crippen LogP contribution in [0.25, 0.3) is 0 Å². The summed E-state index contributed by atoms with van der Waals surface area (Å²) in [7, 11) is 0. The summed E-state index contributed by atoms with van der Waals surface area (Å²) in [5, 5.41) is 37.7. The molecule has 1 saturated heterocycles. The lowest BCUT2D eigenvalue weighted by atomic mass is 9.99. The fourth-order valence-corrected chi connectivity index (χ4v) is 4.75. The van der Waals surface area contributed by atoms with Crippen LogP contribution in [0.2, 0.25) is 0 Å². The van der Waals surface area contributed by atoms with E-state index in [0.717, 1.165) is 28.3 Å². The van der Waals surface area contributed by atoms with Gasteiger partial charge in [0.1, 0.15) is 5.82 Å². The number of nitrogens with zero attached hydrogens (tertiary/aromatic N) is 1. The maximum absolute atomic E-state index is 14.5. The Bertz CT molecular complexity index is 1370. The third kappa shape index (κ3) is 11.3. The van der Waals surface area contributed by atoms with E-state index in [1.807, 2.05) is 68.4 Å². The summed E-state index contributed by atoms with van der Waals surface area (Å²) in [6.07, 6.45) is -2.58. The first-order chi connectivity index (χ1) is 22.0. The maximum atomic E-state index is 14.5. The number of hydrogen-bond acceptors (Lipinski definition) is 8. The van der Waals surface area contributed by atoms with Crippen LogP contribution in [-0.4, -0.2) is 71.3 Å². The van der Waals surface area contributed by atoms with E-state index < -0.39 is 36.1 Å². The van der Waals surface area contributed by atoms with Crippen molar-refractivity contribution in [1.29, 1.82) is 0 Å². The molecular formula is C35H47FN4O6. The lowest BCUT2D eigenvalue weighted by Gasteiger charge is -2.25. The molecule has 6 N–H and O–H groups in total. The summed E-state index contributed by atoms with van der Waals surface area (Å²) in [6, 6.07) is 20.9. The first-order valence-corrected chi connectivity index (χ1v) is 15.6. The van der Waals surface area contributed by atoms with Gasteiger partial charge in [-0.3, -0.25) is 9.69 Å². The highest BCUT2D eigenvalue weighted by atomic mass is 19.1. The van der Waals surface area contributed by atoms with Gasteiger partial charge in [0, 0.05) is 30.6 Å². The second-order valence-electron chi connectivity index (χ2n) is 12.0. The normalized spacial score (nSPS) is 15.6. The van der Waals surface area contributed by atoms with Crippen molar-refractivity contribution < 1.29 is 34.0 Å². The third-order valence-corrected chi connectivity index (χ3v) is 7.16. The van der Waals surface area contributed by atoms with E-state index in [1.54, 1.807) is 6.07 Å². The minimum absolute atomic E-state index is 0.0158. The molecular weight excluding hydrogens is 591 g/mol. The molecule has 2 amide bonds. The van der Waals surface area contributed by atoms with E-state index in [1.165, 1.54) is 12.1 Å². The Morgan fingerprint density at radius 3 is 2.26 bits per heavy atom. The fraction of sp³-hybridized carbons (Fsp3) is 0.429. The van der Waals surface area contributed by atoms with Gasteiger partial charge in [0.05, 0.1) is 31.0 Å². The minimum atomic E-state index is -1.17. The number of aliphatic hydroxyl groups excluding tert-OH is 3. The molecule has 1 aliphatic rings. The van der Waals surface area contributed by atoms with Crippen LogP contribution in [0.4, 0.5) is 26.2 Å². The predicted octanol–water partition coefficient (Wildman–Crippen LogP) is 4.69. The van der Waals surface area contributed by atoms with Crippen molar-refractivity contribution >= 4 is 29.1 Å². The van der Waals surface area contributed by atoms with Crippen LogP contribution in [-0.2, 0) is 22.6 Å². The van der Waals surface area contributed by atoms with Crippen molar-refractivity contribution in [2.24, 2.45) is 5.92 Å². The number of nitrogens with one attached hydrogen (secondary N) is 3. The molecule has 3 atom stereocenters. The summed E-state index contributed by atoms with van der Waals surface area (Å²) in [5.41, 5.74) is 3.61. The second kappa shape index (κ2) is 18.1. The molecule has 250 valence electrons. The van der Waals surface area contributed by atoms with Crippen LogP contribution in [0.5, 0.6) is 0 Å². The van der Waals surface area contributed by atoms with E-state index in [2.05, 4.69) is 29.8 Å². The summed E-state index contributed by atoms with van der Waals surface area (Å²) in [4.78, 5) is 26.4. The molecule has 3 unspecified atom stereocenters. The van der Waals surface area contributed by atoms with E-state index >= 15 is 0 Å². The monoisotopic (exact) mass is 638 g/mol. The Kier molecular flexibility index (Phi) is 14.3. The van der Waals surface area contributed by atoms with Crippen molar-refractivity contribution in [3.05, 3.63) is 89.7 Å². The molecule has 0 saturated carbocycles. The molecule has 0 spiro atoms. The van der Waals surface area contributed by atoms with Gasteiger partial charge in [-0.25, -0.2) is 9.18 Å². The van der Waals surface area contributed by atoms with Crippen LogP contribution in [0.15, 0.2) is 72.8 Å². The molecule has 0 bridgehead atoms. The Balaban J connectivity index is 0.000000370. The number of hydrogen-bond donors (Lipinski definition) is 6. The largest absolute Gasteiger partial charge is 0.434 e. The molecule has 1 fully saturated rings. The van der Waals surface area contributed by atoms with Gasteiger partial charge in [-0.15, -0.1) is 0 Å². The summed E-state index contributed by atoms with van der Waals surface area (Å²) in [5.74, 6) is -0.555. The first kappa shape index (κ1) is 36.3. The lowest BCUT2D eigenvalue weighted by molar-refractivity contribution is -0.129. The Hall–Kier alpha value is -4.19. The topological polar surface area (TPSA) is 143 Å². The van der Waals surface area contributed by atoms with Gasteiger partial charge in [-0.05, 0) is 74.1 Å². The van der Waals surface area contributed by atoms with Crippen molar-refractivity contribution in [2.75, 3.05) is 35.2 Å². The average Bonchev–Trinajstić information content (AvgIpc) is 3.43. The Labute approximate surface area is 270 Å².